The Labute approximate surface area is 213 Å². The summed E-state index contributed by atoms with van der Waals surface area (Å²) in [5, 5.41) is 23.0. The number of carbonyl (C=O) groups is 1. The number of carbonyl (C=O) groups excluding carboxylic acids is 1. The monoisotopic (exact) mass is 499 g/mol. The first-order valence-electron chi connectivity index (χ1n) is 12.7. The Kier molecular flexibility index (Phi) is 7.87. The van der Waals surface area contributed by atoms with Crippen LogP contribution in [0.15, 0.2) is 42.5 Å². The topological polar surface area (TPSA) is 76.5 Å². The lowest BCUT2D eigenvalue weighted by molar-refractivity contribution is -0.132. The van der Waals surface area contributed by atoms with Gasteiger partial charge >= 0.3 is 0 Å². The number of nitrogens with zero attached hydrogens (tertiary/aromatic N) is 3. The Morgan fingerprint density at radius 2 is 1.64 bits per heavy atom. The van der Waals surface area contributed by atoms with Crippen LogP contribution < -0.4 is 9.64 Å². The minimum Gasteiger partial charge on any atom is -0.490 e. The smallest absolute Gasteiger partial charge is 0.219 e. The zero-order valence-electron chi connectivity index (χ0n) is 21.5. The van der Waals surface area contributed by atoms with Gasteiger partial charge in [-0.25, -0.2) is 4.39 Å². The van der Waals surface area contributed by atoms with Crippen LogP contribution >= 0.6 is 0 Å². The van der Waals surface area contributed by atoms with Gasteiger partial charge in [0.25, 0.3) is 0 Å². The summed E-state index contributed by atoms with van der Waals surface area (Å²) in [6.07, 6.45) is 1.13. The molecule has 2 saturated heterocycles. The van der Waals surface area contributed by atoms with E-state index in [1.165, 1.54) is 24.6 Å². The fraction of sp³-hybridized carbons (Fsp3) is 0.536. The number of aliphatic hydroxyl groups is 2. The molecule has 4 rings (SSSR count). The average Bonchev–Trinajstić information content (AvgIpc) is 3.00. The third kappa shape index (κ3) is 6.55. The van der Waals surface area contributed by atoms with Crippen molar-refractivity contribution in [2.24, 2.45) is 0 Å². The van der Waals surface area contributed by atoms with E-state index in [0.29, 0.717) is 57.9 Å². The first-order chi connectivity index (χ1) is 17.0. The van der Waals surface area contributed by atoms with Crippen LogP contribution in [0.2, 0.25) is 0 Å². The second-order valence-electron chi connectivity index (χ2n) is 10.6. The molecule has 2 aliphatic rings. The van der Waals surface area contributed by atoms with Crippen molar-refractivity contribution >= 4 is 11.6 Å². The first kappa shape index (κ1) is 26.4. The lowest BCUT2D eigenvalue weighted by Gasteiger charge is -2.42. The molecule has 1 amide bonds. The van der Waals surface area contributed by atoms with Crippen LogP contribution in [0.25, 0.3) is 0 Å². The molecule has 1 atom stereocenters. The van der Waals surface area contributed by atoms with Crippen molar-refractivity contribution in [1.82, 2.24) is 9.80 Å². The summed E-state index contributed by atoms with van der Waals surface area (Å²) in [5.74, 6) is 0.332. The summed E-state index contributed by atoms with van der Waals surface area (Å²) in [4.78, 5) is 18.1. The molecule has 2 heterocycles. The molecule has 2 aromatic carbocycles. The van der Waals surface area contributed by atoms with E-state index in [-0.39, 0.29) is 24.9 Å². The van der Waals surface area contributed by atoms with Crippen LogP contribution in [0.1, 0.15) is 30.9 Å². The summed E-state index contributed by atoms with van der Waals surface area (Å²) in [6.45, 7) is 8.87. The van der Waals surface area contributed by atoms with Crippen LogP contribution in [0.4, 0.5) is 10.1 Å². The highest BCUT2D eigenvalue weighted by atomic mass is 19.1. The number of hydrogen-bond donors (Lipinski definition) is 2. The highest BCUT2D eigenvalue weighted by molar-refractivity contribution is 5.73. The average molecular weight is 500 g/mol. The van der Waals surface area contributed by atoms with E-state index < -0.39 is 11.2 Å². The standard InChI is InChI=1S/C28H38FN3O4/c1-21-4-9-26(16-22(21)2)36-20-28(35)18-30(14-15-32(19-28)23(3)33)17-27(34)10-12-31(13-11-27)25-7-5-24(29)6-8-25/h4-9,16,34-35H,10-15,17-20H2,1-3H3/t28-/m1/s1. The van der Waals surface area contributed by atoms with Gasteiger partial charge < -0.3 is 24.7 Å². The van der Waals surface area contributed by atoms with Crippen molar-refractivity contribution in [3.8, 4) is 5.75 Å². The molecule has 8 heteroatoms. The number of ether oxygens (including phenoxy) is 1. The highest BCUT2D eigenvalue weighted by Gasteiger charge is 2.41. The maximum Gasteiger partial charge on any atom is 0.219 e. The van der Waals surface area contributed by atoms with Gasteiger partial charge in [0.2, 0.25) is 5.91 Å². The number of aryl methyl sites for hydroxylation is 2. The van der Waals surface area contributed by atoms with E-state index in [0.717, 1.165) is 11.3 Å². The van der Waals surface area contributed by atoms with Gasteiger partial charge in [-0.15, -0.1) is 0 Å². The lowest BCUT2D eigenvalue weighted by atomic mass is 9.90. The van der Waals surface area contributed by atoms with Crippen LogP contribution in [-0.2, 0) is 4.79 Å². The molecule has 2 N–H and O–H groups in total. The number of anilines is 1. The predicted octanol–water partition coefficient (Wildman–Crippen LogP) is 2.75. The van der Waals surface area contributed by atoms with Crippen molar-refractivity contribution in [1.29, 1.82) is 0 Å². The van der Waals surface area contributed by atoms with E-state index in [1.807, 2.05) is 32.0 Å². The number of amides is 1. The van der Waals surface area contributed by atoms with E-state index in [4.69, 9.17) is 4.74 Å². The molecule has 0 radical (unpaired) electrons. The van der Waals surface area contributed by atoms with Crippen LogP contribution in [-0.4, -0.2) is 89.5 Å². The quantitative estimate of drug-likeness (QED) is 0.637. The predicted molar refractivity (Wildman–Crippen MR) is 138 cm³/mol. The fourth-order valence-electron chi connectivity index (χ4n) is 5.17. The molecule has 0 saturated carbocycles. The van der Waals surface area contributed by atoms with Gasteiger partial charge in [0, 0.05) is 51.9 Å². The maximum absolute atomic E-state index is 13.3. The molecule has 2 fully saturated rings. The molecule has 36 heavy (non-hydrogen) atoms. The number of halogens is 1. The van der Waals surface area contributed by atoms with Gasteiger partial charge in [0.15, 0.2) is 0 Å². The van der Waals surface area contributed by atoms with Gasteiger partial charge in [-0.1, -0.05) is 6.07 Å². The van der Waals surface area contributed by atoms with Gasteiger partial charge in [0.1, 0.15) is 23.8 Å². The lowest BCUT2D eigenvalue weighted by Crippen LogP contribution is -2.55. The van der Waals surface area contributed by atoms with Crippen molar-refractivity contribution in [2.45, 2.75) is 44.8 Å². The molecule has 2 aromatic rings. The van der Waals surface area contributed by atoms with E-state index in [1.54, 1.807) is 17.0 Å². The van der Waals surface area contributed by atoms with Crippen molar-refractivity contribution < 1.29 is 24.1 Å². The Balaban J connectivity index is 1.41. The molecule has 0 spiro atoms. The zero-order valence-corrected chi connectivity index (χ0v) is 21.5. The first-order valence-corrected chi connectivity index (χ1v) is 12.7. The van der Waals surface area contributed by atoms with Crippen molar-refractivity contribution in [2.75, 3.05) is 57.3 Å². The van der Waals surface area contributed by atoms with Crippen LogP contribution in [0.5, 0.6) is 5.75 Å². The SMILES string of the molecule is CC(=O)N1CCN(CC2(O)CCN(c3ccc(F)cc3)CC2)C[C@](O)(COc2ccc(C)c(C)c2)C1. The summed E-state index contributed by atoms with van der Waals surface area (Å²) in [5.41, 5.74) is 1.05. The fourth-order valence-corrected chi connectivity index (χ4v) is 5.17. The van der Waals surface area contributed by atoms with Gasteiger partial charge in [-0.3, -0.25) is 9.69 Å². The number of benzene rings is 2. The minimum atomic E-state index is -1.27. The summed E-state index contributed by atoms with van der Waals surface area (Å²) < 4.78 is 19.3. The third-order valence-electron chi connectivity index (χ3n) is 7.52. The largest absolute Gasteiger partial charge is 0.490 e. The third-order valence-corrected chi connectivity index (χ3v) is 7.52. The highest BCUT2D eigenvalue weighted by Crippen LogP contribution is 2.29. The Hall–Kier alpha value is -2.68. The number of β-amino-alcohol motifs (C(OH)–C–C–N with tert-alkyl or cyclic N) is 2. The molecule has 0 unspecified atom stereocenters. The molecule has 7 nitrogen and oxygen atoms in total. The van der Waals surface area contributed by atoms with Crippen LogP contribution in [0.3, 0.4) is 0 Å². The Bertz CT molecular complexity index is 1060. The number of rotatable bonds is 6. The Morgan fingerprint density at radius 3 is 2.28 bits per heavy atom. The number of hydrogen-bond acceptors (Lipinski definition) is 6. The molecule has 0 bridgehead atoms. The maximum atomic E-state index is 13.3. The second kappa shape index (κ2) is 10.7. The van der Waals surface area contributed by atoms with Crippen molar-refractivity contribution in [3.05, 3.63) is 59.4 Å². The van der Waals surface area contributed by atoms with Gasteiger partial charge in [-0.05, 0) is 74.2 Å². The molecular formula is C28H38FN3O4. The van der Waals surface area contributed by atoms with Crippen LogP contribution in [0, 0.1) is 19.7 Å². The number of piperidine rings is 1. The second-order valence-corrected chi connectivity index (χ2v) is 10.6. The summed E-state index contributed by atoms with van der Waals surface area (Å²) in [6, 6.07) is 12.3. The van der Waals surface area contributed by atoms with Gasteiger partial charge in [0.05, 0.1) is 12.1 Å². The molecular weight excluding hydrogens is 461 g/mol. The zero-order chi connectivity index (χ0) is 25.9. The molecule has 0 aromatic heterocycles. The minimum absolute atomic E-state index is 0.0482. The molecule has 2 aliphatic heterocycles. The Morgan fingerprint density at radius 1 is 0.944 bits per heavy atom. The van der Waals surface area contributed by atoms with Gasteiger partial charge in [-0.2, -0.15) is 0 Å². The van der Waals surface area contributed by atoms with E-state index in [2.05, 4.69) is 9.80 Å². The van der Waals surface area contributed by atoms with Crippen molar-refractivity contribution in [3.63, 3.8) is 0 Å². The molecule has 0 aliphatic carbocycles. The summed E-state index contributed by atoms with van der Waals surface area (Å²) >= 11 is 0. The summed E-state index contributed by atoms with van der Waals surface area (Å²) in [7, 11) is 0. The normalized spacial score (nSPS) is 22.8. The van der Waals surface area contributed by atoms with E-state index >= 15 is 0 Å². The van der Waals surface area contributed by atoms with E-state index in [9.17, 15) is 19.4 Å². The molecule has 196 valence electrons.